The molecule has 2 heterocycles. The standard InChI is InChI=1S/C30H27N5O4/c1-4-35-26(13-18(3)34-35)30(39)32-21-10-6-19(7-11-21)28(37)20-8-12-23-24(29(38)33-25(23)14-20)16-31-22-9-5-17(2)27(36)15-22/h5-16,33,36,38H,4H2,1-3H3,(H,32,39). The number of H-pyrrole nitrogens is 1. The van der Waals surface area contributed by atoms with Crippen LogP contribution < -0.4 is 5.32 Å². The summed E-state index contributed by atoms with van der Waals surface area (Å²) in [4.78, 5) is 33.1. The van der Waals surface area contributed by atoms with Crippen molar-refractivity contribution in [3.63, 3.8) is 0 Å². The number of carbonyl (C=O) groups is 2. The lowest BCUT2D eigenvalue weighted by atomic mass is 10.0. The number of phenolic OH excluding ortho intramolecular Hbond substituents is 1. The summed E-state index contributed by atoms with van der Waals surface area (Å²) < 4.78 is 1.64. The minimum Gasteiger partial charge on any atom is -0.508 e. The first-order valence-corrected chi connectivity index (χ1v) is 12.4. The van der Waals surface area contributed by atoms with E-state index in [0.29, 0.717) is 51.2 Å². The van der Waals surface area contributed by atoms with E-state index < -0.39 is 0 Å². The zero-order valence-corrected chi connectivity index (χ0v) is 21.7. The van der Waals surface area contributed by atoms with Gasteiger partial charge in [-0.05, 0) is 68.8 Å². The Balaban J connectivity index is 1.33. The predicted octanol–water partition coefficient (Wildman–Crippen LogP) is 5.65. The molecule has 0 bridgehead atoms. The van der Waals surface area contributed by atoms with Crippen LogP contribution in [0.1, 0.15) is 50.2 Å². The number of fused-ring (bicyclic) bond motifs is 1. The van der Waals surface area contributed by atoms with Crippen molar-refractivity contribution >= 4 is 40.2 Å². The number of hydrogen-bond acceptors (Lipinski definition) is 6. The van der Waals surface area contributed by atoms with Crippen LogP contribution in [0.4, 0.5) is 11.4 Å². The van der Waals surface area contributed by atoms with Crippen molar-refractivity contribution in [2.24, 2.45) is 4.99 Å². The topological polar surface area (TPSA) is 133 Å². The molecule has 5 aromatic rings. The first-order chi connectivity index (χ1) is 18.7. The maximum atomic E-state index is 13.2. The Bertz CT molecular complexity index is 1750. The van der Waals surface area contributed by atoms with Crippen LogP contribution in [0, 0.1) is 13.8 Å². The molecule has 0 spiro atoms. The molecule has 0 saturated carbocycles. The average molecular weight is 522 g/mol. The minimum atomic E-state index is -0.271. The third-order valence-electron chi connectivity index (χ3n) is 6.45. The highest BCUT2D eigenvalue weighted by Gasteiger charge is 2.16. The lowest BCUT2D eigenvalue weighted by Crippen LogP contribution is -2.17. The summed E-state index contributed by atoms with van der Waals surface area (Å²) in [6, 6.07) is 18.6. The van der Waals surface area contributed by atoms with Crippen molar-refractivity contribution < 1.29 is 19.8 Å². The Hall–Kier alpha value is -5.18. The molecule has 2 aromatic heterocycles. The molecule has 1 amide bonds. The van der Waals surface area contributed by atoms with Crippen LogP contribution in [0.15, 0.2) is 71.7 Å². The summed E-state index contributed by atoms with van der Waals surface area (Å²) in [5.41, 5.74) is 5.05. The average Bonchev–Trinajstić information content (AvgIpc) is 3.47. The fourth-order valence-electron chi connectivity index (χ4n) is 4.33. The number of aromatic hydroxyl groups is 2. The third-order valence-corrected chi connectivity index (χ3v) is 6.45. The number of amides is 1. The van der Waals surface area contributed by atoms with Gasteiger partial charge in [-0.3, -0.25) is 19.3 Å². The van der Waals surface area contributed by atoms with E-state index in [0.717, 1.165) is 11.3 Å². The van der Waals surface area contributed by atoms with E-state index in [2.05, 4.69) is 20.4 Å². The molecule has 196 valence electrons. The molecule has 0 saturated heterocycles. The van der Waals surface area contributed by atoms with Gasteiger partial charge in [0.25, 0.3) is 5.91 Å². The predicted molar refractivity (Wildman–Crippen MR) is 151 cm³/mol. The summed E-state index contributed by atoms with van der Waals surface area (Å²) in [7, 11) is 0. The highest BCUT2D eigenvalue weighted by Crippen LogP contribution is 2.29. The van der Waals surface area contributed by atoms with Gasteiger partial charge in [-0.2, -0.15) is 5.10 Å². The fourth-order valence-corrected chi connectivity index (χ4v) is 4.33. The van der Waals surface area contributed by atoms with Crippen molar-refractivity contribution in [2.75, 3.05) is 5.32 Å². The van der Waals surface area contributed by atoms with Gasteiger partial charge in [0.15, 0.2) is 11.7 Å². The molecular weight excluding hydrogens is 494 g/mol. The number of anilines is 1. The molecule has 0 aliphatic carbocycles. The number of benzene rings is 3. The molecular formula is C30H27N5O4. The van der Waals surface area contributed by atoms with Gasteiger partial charge in [0.2, 0.25) is 0 Å². The molecule has 3 aromatic carbocycles. The van der Waals surface area contributed by atoms with Crippen LogP contribution in [-0.2, 0) is 6.54 Å². The number of ketones is 1. The number of nitrogens with one attached hydrogen (secondary N) is 2. The number of aromatic nitrogens is 3. The summed E-state index contributed by atoms with van der Waals surface area (Å²) >= 11 is 0. The monoisotopic (exact) mass is 521 g/mol. The second kappa shape index (κ2) is 10.3. The number of carbonyl (C=O) groups excluding carboxylic acids is 2. The van der Waals surface area contributed by atoms with Crippen LogP contribution in [0.25, 0.3) is 10.9 Å². The van der Waals surface area contributed by atoms with Gasteiger partial charge in [-0.25, -0.2) is 0 Å². The highest BCUT2D eigenvalue weighted by molar-refractivity contribution is 6.12. The summed E-state index contributed by atoms with van der Waals surface area (Å²) in [5, 5.41) is 28.2. The number of phenols is 1. The van der Waals surface area contributed by atoms with Gasteiger partial charge in [0.1, 0.15) is 11.4 Å². The van der Waals surface area contributed by atoms with E-state index in [4.69, 9.17) is 0 Å². The lowest BCUT2D eigenvalue weighted by molar-refractivity contribution is 0.101. The molecule has 0 radical (unpaired) electrons. The summed E-state index contributed by atoms with van der Waals surface area (Å²) in [6.07, 6.45) is 1.52. The Morgan fingerprint density at radius 3 is 2.46 bits per heavy atom. The Kier molecular flexibility index (Phi) is 6.72. The number of hydrogen-bond donors (Lipinski definition) is 4. The third kappa shape index (κ3) is 5.15. The van der Waals surface area contributed by atoms with Crippen molar-refractivity contribution in [3.05, 3.63) is 100 Å². The highest BCUT2D eigenvalue weighted by atomic mass is 16.3. The van der Waals surface area contributed by atoms with Crippen LogP contribution in [0.5, 0.6) is 11.6 Å². The number of aromatic amines is 1. The van der Waals surface area contributed by atoms with Crippen molar-refractivity contribution in [2.45, 2.75) is 27.3 Å². The van der Waals surface area contributed by atoms with Crippen LogP contribution in [0.2, 0.25) is 0 Å². The van der Waals surface area contributed by atoms with E-state index in [1.807, 2.05) is 13.8 Å². The van der Waals surface area contributed by atoms with Gasteiger partial charge in [-0.1, -0.05) is 18.2 Å². The van der Waals surface area contributed by atoms with E-state index in [1.165, 1.54) is 6.21 Å². The Morgan fingerprint density at radius 2 is 1.74 bits per heavy atom. The maximum Gasteiger partial charge on any atom is 0.273 e. The zero-order valence-electron chi connectivity index (χ0n) is 21.7. The molecule has 9 nitrogen and oxygen atoms in total. The molecule has 9 heteroatoms. The number of nitrogens with zero attached hydrogens (tertiary/aromatic N) is 3. The quantitative estimate of drug-likeness (QED) is 0.162. The fraction of sp³-hybridized carbons (Fsp3) is 0.133. The van der Waals surface area contributed by atoms with Crippen LogP contribution >= 0.6 is 0 Å². The largest absolute Gasteiger partial charge is 0.508 e. The SMILES string of the molecule is CCn1nc(C)cc1C(=O)Nc1ccc(C(=O)c2ccc3c(C=Nc4ccc(C)c(O)c4)c(O)[nH]c3c2)cc1. The number of aliphatic imine (C=N–C) groups is 1. The van der Waals surface area contributed by atoms with E-state index in [-0.39, 0.29) is 23.3 Å². The minimum absolute atomic E-state index is 0.0746. The maximum absolute atomic E-state index is 13.2. The molecule has 4 N–H and O–H groups in total. The van der Waals surface area contributed by atoms with Crippen LogP contribution in [-0.4, -0.2) is 42.9 Å². The van der Waals surface area contributed by atoms with Crippen molar-refractivity contribution in [1.82, 2.24) is 14.8 Å². The van der Waals surface area contributed by atoms with Gasteiger partial charge >= 0.3 is 0 Å². The van der Waals surface area contributed by atoms with Gasteiger partial charge < -0.3 is 20.5 Å². The molecule has 5 rings (SSSR count). The van der Waals surface area contributed by atoms with Crippen molar-refractivity contribution in [3.8, 4) is 11.6 Å². The van der Waals surface area contributed by atoms with Crippen molar-refractivity contribution in [1.29, 1.82) is 0 Å². The summed E-state index contributed by atoms with van der Waals surface area (Å²) in [5.74, 6) is -0.402. The van der Waals surface area contributed by atoms with E-state index in [9.17, 15) is 19.8 Å². The second-order valence-electron chi connectivity index (χ2n) is 9.22. The van der Waals surface area contributed by atoms with Gasteiger partial charge in [0.05, 0.1) is 16.9 Å². The first-order valence-electron chi connectivity index (χ1n) is 12.4. The molecule has 0 aliphatic rings. The smallest absolute Gasteiger partial charge is 0.273 e. The Morgan fingerprint density at radius 1 is 1.00 bits per heavy atom. The van der Waals surface area contributed by atoms with E-state index >= 15 is 0 Å². The zero-order chi connectivity index (χ0) is 27.7. The molecule has 0 aliphatic heterocycles. The molecule has 0 fully saturated rings. The first kappa shape index (κ1) is 25.5. The normalized spacial score (nSPS) is 11.4. The molecule has 39 heavy (non-hydrogen) atoms. The van der Waals surface area contributed by atoms with Gasteiger partial charge in [-0.15, -0.1) is 0 Å². The van der Waals surface area contributed by atoms with Gasteiger partial charge in [0, 0.05) is 46.5 Å². The lowest BCUT2D eigenvalue weighted by Gasteiger charge is -2.08. The van der Waals surface area contributed by atoms with E-state index in [1.54, 1.807) is 78.3 Å². The molecule has 0 atom stereocenters. The Labute approximate surface area is 224 Å². The molecule has 0 unspecified atom stereocenters. The summed E-state index contributed by atoms with van der Waals surface area (Å²) in [6.45, 7) is 6.13. The second-order valence-corrected chi connectivity index (χ2v) is 9.22. The number of rotatable bonds is 7. The number of aryl methyl sites for hydroxylation is 3. The van der Waals surface area contributed by atoms with Crippen LogP contribution in [0.3, 0.4) is 0 Å².